The predicted octanol–water partition coefficient (Wildman–Crippen LogP) is 3.73. The van der Waals surface area contributed by atoms with Crippen molar-refractivity contribution in [1.29, 1.82) is 0 Å². The van der Waals surface area contributed by atoms with E-state index in [1.807, 2.05) is 24.3 Å². The molecule has 0 radical (unpaired) electrons. The normalized spacial score (nSPS) is 11.8. The van der Waals surface area contributed by atoms with Crippen LogP contribution in [0.5, 0.6) is 0 Å². The van der Waals surface area contributed by atoms with Gasteiger partial charge >= 0.3 is 6.18 Å². The molecule has 0 bridgehead atoms. The van der Waals surface area contributed by atoms with Gasteiger partial charge in [0.05, 0.1) is 6.61 Å². The maximum atomic E-state index is 12.0. The largest absolute Gasteiger partial charge is 0.411 e. The zero-order valence-electron chi connectivity index (χ0n) is 10.4. The Bertz CT molecular complexity index is 569. The number of imidazole rings is 1. The standard InChI is InChI=1S/C13H12F3IN2O/c14-13(15,16)9-20-7-6-19-5-4-18-12(19)10-2-1-3-11(17)8-10/h1-5,8H,6-7,9H2. The fraction of sp³-hybridized carbons (Fsp3) is 0.308. The lowest BCUT2D eigenvalue weighted by Gasteiger charge is -2.10. The Morgan fingerprint density at radius 1 is 1.30 bits per heavy atom. The third-order valence-corrected chi connectivity index (χ3v) is 3.21. The van der Waals surface area contributed by atoms with E-state index in [0.717, 1.165) is 15.0 Å². The molecule has 0 fully saturated rings. The number of ether oxygens (including phenoxy) is 1. The molecule has 0 aliphatic heterocycles. The second-order valence-corrected chi connectivity index (χ2v) is 5.37. The van der Waals surface area contributed by atoms with E-state index in [9.17, 15) is 13.2 Å². The first-order valence-corrected chi connectivity index (χ1v) is 6.95. The van der Waals surface area contributed by atoms with Gasteiger partial charge in [0.25, 0.3) is 0 Å². The van der Waals surface area contributed by atoms with Gasteiger partial charge in [-0.2, -0.15) is 13.2 Å². The fourth-order valence-electron chi connectivity index (χ4n) is 1.73. The van der Waals surface area contributed by atoms with Crippen molar-refractivity contribution in [3.8, 4) is 11.4 Å². The van der Waals surface area contributed by atoms with E-state index in [1.54, 1.807) is 17.0 Å². The van der Waals surface area contributed by atoms with Crippen molar-refractivity contribution in [2.75, 3.05) is 13.2 Å². The molecule has 1 heterocycles. The quantitative estimate of drug-likeness (QED) is 0.569. The predicted molar refractivity (Wildman–Crippen MR) is 77.3 cm³/mol. The zero-order valence-corrected chi connectivity index (χ0v) is 12.6. The van der Waals surface area contributed by atoms with Crippen LogP contribution in [0.1, 0.15) is 0 Å². The van der Waals surface area contributed by atoms with Crippen molar-refractivity contribution < 1.29 is 17.9 Å². The number of aromatic nitrogens is 2. The van der Waals surface area contributed by atoms with E-state index in [1.165, 1.54) is 0 Å². The Balaban J connectivity index is 1.99. The second-order valence-electron chi connectivity index (χ2n) is 4.12. The van der Waals surface area contributed by atoms with Gasteiger partial charge < -0.3 is 9.30 Å². The number of benzene rings is 1. The summed E-state index contributed by atoms with van der Waals surface area (Å²) in [6.45, 7) is -0.899. The maximum absolute atomic E-state index is 12.0. The average molecular weight is 396 g/mol. The summed E-state index contributed by atoms with van der Waals surface area (Å²) in [5.41, 5.74) is 0.928. The molecule has 3 nitrogen and oxygen atoms in total. The van der Waals surface area contributed by atoms with Crippen LogP contribution in [0, 0.1) is 3.57 Å². The van der Waals surface area contributed by atoms with Gasteiger partial charge in [0.2, 0.25) is 0 Å². The van der Waals surface area contributed by atoms with Crippen LogP contribution < -0.4 is 0 Å². The Kier molecular flexibility index (Phi) is 5.03. The van der Waals surface area contributed by atoms with Crippen LogP contribution in [0.3, 0.4) is 0 Å². The Morgan fingerprint density at radius 3 is 2.80 bits per heavy atom. The molecule has 2 rings (SSSR count). The number of rotatable bonds is 5. The van der Waals surface area contributed by atoms with Crippen molar-refractivity contribution in [3.63, 3.8) is 0 Å². The molecule has 0 atom stereocenters. The molecule has 0 aliphatic carbocycles. The summed E-state index contributed by atoms with van der Waals surface area (Å²) < 4.78 is 43.4. The van der Waals surface area contributed by atoms with E-state index >= 15 is 0 Å². The summed E-state index contributed by atoms with van der Waals surface area (Å²) in [6, 6.07) is 7.76. The minimum Gasteiger partial charge on any atom is -0.370 e. The van der Waals surface area contributed by atoms with Gasteiger partial charge in [-0.1, -0.05) is 12.1 Å². The van der Waals surface area contributed by atoms with Gasteiger partial charge in [0.1, 0.15) is 12.4 Å². The van der Waals surface area contributed by atoms with Gasteiger partial charge in [-0.3, -0.25) is 0 Å². The van der Waals surface area contributed by atoms with E-state index in [0.29, 0.717) is 6.54 Å². The molecule has 2 aromatic rings. The van der Waals surface area contributed by atoms with E-state index in [-0.39, 0.29) is 6.61 Å². The van der Waals surface area contributed by atoms with Gasteiger partial charge in [-0.05, 0) is 34.7 Å². The second kappa shape index (κ2) is 6.57. The first kappa shape index (κ1) is 15.3. The number of nitrogens with zero attached hydrogens (tertiary/aromatic N) is 2. The van der Waals surface area contributed by atoms with Crippen molar-refractivity contribution in [1.82, 2.24) is 9.55 Å². The van der Waals surface area contributed by atoms with E-state index in [4.69, 9.17) is 0 Å². The summed E-state index contributed by atoms with van der Waals surface area (Å²) in [4.78, 5) is 4.24. The molecule has 7 heteroatoms. The summed E-state index contributed by atoms with van der Waals surface area (Å²) in [5, 5.41) is 0. The van der Waals surface area contributed by atoms with Crippen molar-refractivity contribution in [2.45, 2.75) is 12.7 Å². The lowest BCUT2D eigenvalue weighted by Crippen LogP contribution is -2.19. The molecule has 20 heavy (non-hydrogen) atoms. The lowest BCUT2D eigenvalue weighted by atomic mass is 10.2. The lowest BCUT2D eigenvalue weighted by molar-refractivity contribution is -0.174. The van der Waals surface area contributed by atoms with Crippen molar-refractivity contribution in [3.05, 3.63) is 40.2 Å². The van der Waals surface area contributed by atoms with Crippen LogP contribution in [-0.2, 0) is 11.3 Å². The number of hydrogen-bond donors (Lipinski definition) is 0. The highest BCUT2D eigenvalue weighted by atomic mass is 127. The van der Waals surface area contributed by atoms with Crippen LogP contribution in [0.15, 0.2) is 36.7 Å². The van der Waals surface area contributed by atoms with Crippen LogP contribution >= 0.6 is 22.6 Å². The Labute approximate surface area is 127 Å². The highest BCUT2D eigenvalue weighted by molar-refractivity contribution is 14.1. The summed E-state index contributed by atoms with van der Waals surface area (Å²) >= 11 is 2.20. The van der Waals surface area contributed by atoms with Crippen molar-refractivity contribution in [2.24, 2.45) is 0 Å². The molecular formula is C13H12F3IN2O. The summed E-state index contributed by atoms with van der Waals surface area (Å²) in [6.07, 6.45) is -0.932. The maximum Gasteiger partial charge on any atom is 0.411 e. The van der Waals surface area contributed by atoms with Crippen molar-refractivity contribution >= 4 is 22.6 Å². The van der Waals surface area contributed by atoms with Gasteiger partial charge in [-0.25, -0.2) is 4.98 Å². The third-order valence-electron chi connectivity index (χ3n) is 2.54. The van der Waals surface area contributed by atoms with Gasteiger partial charge in [0, 0.05) is 28.1 Å². The minimum absolute atomic E-state index is 0.00715. The summed E-state index contributed by atoms with van der Waals surface area (Å²) in [5.74, 6) is 0.721. The van der Waals surface area contributed by atoms with Crippen LogP contribution in [0.4, 0.5) is 13.2 Å². The first-order chi connectivity index (χ1) is 9.46. The molecule has 0 spiro atoms. The van der Waals surface area contributed by atoms with E-state index < -0.39 is 12.8 Å². The molecule has 1 aromatic carbocycles. The smallest absolute Gasteiger partial charge is 0.370 e. The molecule has 0 unspecified atom stereocenters. The number of halogens is 4. The van der Waals surface area contributed by atoms with Gasteiger partial charge in [0.15, 0.2) is 0 Å². The Morgan fingerprint density at radius 2 is 2.10 bits per heavy atom. The average Bonchev–Trinajstić information content (AvgIpc) is 2.82. The fourth-order valence-corrected chi connectivity index (χ4v) is 2.27. The van der Waals surface area contributed by atoms with Crippen LogP contribution in [-0.4, -0.2) is 28.9 Å². The van der Waals surface area contributed by atoms with E-state index in [2.05, 4.69) is 32.3 Å². The minimum atomic E-state index is -4.28. The molecule has 0 saturated heterocycles. The molecule has 0 saturated carbocycles. The SMILES string of the molecule is FC(F)(F)COCCn1ccnc1-c1cccc(I)c1. The molecule has 0 N–H and O–H groups in total. The first-order valence-electron chi connectivity index (χ1n) is 5.87. The summed E-state index contributed by atoms with van der Waals surface area (Å²) in [7, 11) is 0. The third kappa shape index (κ3) is 4.48. The van der Waals surface area contributed by atoms with Crippen LogP contribution in [0.2, 0.25) is 0 Å². The molecule has 1 aromatic heterocycles. The monoisotopic (exact) mass is 396 g/mol. The van der Waals surface area contributed by atoms with Crippen LogP contribution in [0.25, 0.3) is 11.4 Å². The molecule has 108 valence electrons. The number of alkyl halides is 3. The molecule has 0 aliphatic rings. The number of hydrogen-bond acceptors (Lipinski definition) is 2. The zero-order chi connectivity index (χ0) is 14.6. The Hall–Kier alpha value is -1.09. The molecular weight excluding hydrogens is 384 g/mol. The highest BCUT2D eigenvalue weighted by Gasteiger charge is 2.27. The molecule has 0 amide bonds. The topological polar surface area (TPSA) is 27.1 Å². The highest BCUT2D eigenvalue weighted by Crippen LogP contribution is 2.20. The van der Waals surface area contributed by atoms with Gasteiger partial charge in [-0.15, -0.1) is 0 Å².